The second-order valence-corrected chi connectivity index (χ2v) is 9.52. The van der Waals surface area contributed by atoms with Crippen LogP contribution in [0.5, 0.6) is 0 Å². The van der Waals surface area contributed by atoms with E-state index < -0.39 is 10.0 Å². The van der Waals surface area contributed by atoms with Gasteiger partial charge < -0.3 is 15.1 Å². The maximum atomic E-state index is 13.0. The quantitative estimate of drug-likeness (QED) is 0.640. The van der Waals surface area contributed by atoms with Gasteiger partial charge in [-0.1, -0.05) is 36.4 Å². The molecule has 1 amide bonds. The molecule has 1 aliphatic heterocycles. The average molecular weight is 439 g/mol. The summed E-state index contributed by atoms with van der Waals surface area (Å²) >= 11 is 0. The minimum absolute atomic E-state index is 0.116. The molecule has 0 atom stereocenters. The van der Waals surface area contributed by atoms with Crippen LogP contribution in [0.2, 0.25) is 0 Å². The fourth-order valence-electron chi connectivity index (χ4n) is 3.82. The van der Waals surface area contributed by atoms with Gasteiger partial charge in [0.2, 0.25) is 10.0 Å². The predicted molar refractivity (Wildman–Crippen MR) is 124 cm³/mol. The number of amides is 1. The minimum atomic E-state index is -3.74. The molecule has 0 spiro atoms. The van der Waals surface area contributed by atoms with Crippen molar-refractivity contribution >= 4 is 38.1 Å². The van der Waals surface area contributed by atoms with Crippen LogP contribution in [0.25, 0.3) is 10.8 Å². The van der Waals surface area contributed by atoms with E-state index in [0.29, 0.717) is 16.9 Å². The second kappa shape index (κ2) is 8.66. The Kier molecular flexibility index (Phi) is 5.95. The first-order valence-corrected chi connectivity index (χ1v) is 11.7. The number of hydrogen-bond acceptors (Lipinski definition) is 5. The molecule has 3 aromatic carbocycles. The molecule has 4 rings (SSSR count). The Bertz CT molecular complexity index is 1210. The van der Waals surface area contributed by atoms with Gasteiger partial charge in [-0.15, -0.1) is 0 Å². The van der Waals surface area contributed by atoms with Gasteiger partial charge in [0.05, 0.1) is 5.69 Å². The van der Waals surface area contributed by atoms with Crippen molar-refractivity contribution in [3.05, 3.63) is 66.2 Å². The van der Waals surface area contributed by atoms with Crippen molar-refractivity contribution in [2.75, 3.05) is 50.5 Å². The lowest BCUT2D eigenvalue weighted by Crippen LogP contribution is -2.45. The zero-order valence-corrected chi connectivity index (χ0v) is 18.4. The van der Waals surface area contributed by atoms with E-state index >= 15 is 0 Å². The number of piperazine rings is 1. The number of fused-ring (bicyclic) bond motifs is 1. The smallest absolute Gasteiger partial charge is 0.255 e. The lowest BCUT2D eigenvalue weighted by Gasteiger charge is -2.35. The topological polar surface area (TPSA) is 81.7 Å². The molecule has 1 saturated heterocycles. The molecule has 0 unspecified atom stereocenters. The van der Waals surface area contributed by atoms with Gasteiger partial charge in [0.1, 0.15) is 4.90 Å². The molecular formula is C23H26N4O3S. The second-order valence-electron chi connectivity index (χ2n) is 7.66. The van der Waals surface area contributed by atoms with Gasteiger partial charge in [0.15, 0.2) is 0 Å². The molecule has 1 aliphatic rings. The number of rotatable bonds is 5. The van der Waals surface area contributed by atoms with Gasteiger partial charge in [-0.2, -0.15) is 0 Å². The summed E-state index contributed by atoms with van der Waals surface area (Å²) in [5.74, 6) is -0.353. The van der Waals surface area contributed by atoms with Crippen molar-refractivity contribution in [1.29, 1.82) is 0 Å². The normalized spacial score (nSPS) is 15.2. The first-order valence-electron chi connectivity index (χ1n) is 10.2. The minimum Gasteiger partial charge on any atom is -0.368 e. The molecule has 1 fully saturated rings. The first-order chi connectivity index (χ1) is 14.9. The van der Waals surface area contributed by atoms with Crippen LogP contribution in [0.4, 0.5) is 11.4 Å². The van der Waals surface area contributed by atoms with E-state index in [1.807, 2.05) is 49.5 Å². The van der Waals surface area contributed by atoms with Gasteiger partial charge in [-0.05, 0) is 43.7 Å². The van der Waals surface area contributed by atoms with E-state index in [4.69, 9.17) is 0 Å². The van der Waals surface area contributed by atoms with Gasteiger partial charge in [0, 0.05) is 42.8 Å². The highest BCUT2D eigenvalue weighted by Crippen LogP contribution is 2.29. The van der Waals surface area contributed by atoms with Crippen molar-refractivity contribution in [2.24, 2.45) is 0 Å². The van der Waals surface area contributed by atoms with E-state index in [1.54, 1.807) is 12.1 Å². The maximum Gasteiger partial charge on any atom is 0.255 e. The summed E-state index contributed by atoms with van der Waals surface area (Å²) in [4.78, 5) is 17.4. The van der Waals surface area contributed by atoms with E-state index in [9.17, 15) is 13.2 Å². The number of carbonyl (C=O) groups excluding carboxylic acids is 1. The number of sulfonamides is 1. The molecule has 1 heterocycles. The highest BCUT2D eigenvalue weighted by molar-refractivity contribution is 7.89. The van der Waals surface area contributed by atoms with Crippen LogP contribution in [0, 0.1) is 0 Å². The molecule has 31 heavy (non-hydrogen) atoms. The van der Waals surface area contributed by atoms with Gasteiger partial charge in [0.25, 0.3) is 5.91 Å². The summed E-state index contributed by atoms with van der Waals surface area (Å²) in [6.07, 6.45) is 0. The molecule has 0 aliphatic carbocycles. The van der Waals surface area contributed by atoms with Gasteiger partial charge in [-0.25, -0.2) is 13.1 Å². The standard InChI is InChI=1S/C23H26N4O3S/c1-24-31(29,30)22-16-18(10-11-21(22)27-14-12-26(2)13-15-27)23(28)25-20-9-5-7-17-6-3-4-8-19(17)20/h3-11,16,24H,12-15H2,1-2H3,(H,25,28). The maximum absolute atomic E-state index is 13.0. The molecule has 7 nitrogen and oxygen atoms in total. The van der Waals surface area contributed by atoms with Crippen LogP contribution in [0.15, 0.2) is 65.6 Å². The van der Waals surface area contributed by atoms with Crippen LogP contribution in [-0.2, 0) is 10.0 Å². The van der Waals surface area contributed by atoms with Crippen LogP contribution < -0.4 is 14.9 Å². The summed E-state index contributed by atoms with van der Waals surface area (Å²) in [6, 6.07) is 18.4. The number of benzene rings is 3. The number of hydrogen-bond donors (Lipinski definition) is 2. The molecule has 0 radical (unpaired) electrons. The van der Waals surface area contributed by atoms with Crippen LogP contribution >= 0.6 is 0 Å². The third-order valence-corrected chi connectivity index (χ3v) is 7.11. The Hall–Kier alpha value is -2.94. The third kappa shape index (κ3) is 4.41. The number of anilines is 2. The Morgan fingerprint density at radius 2 is 1.65 bits per heavy atom. The molecule has 0 aromatic heterocycles. The SMILES string of the molecule is CNS(=O)(=O)c1cc(C(=O)Nc2cccc3ccccc23)ccc1N1CCN(C)CC1. The molecule has 162 valence electrons. The van der Waals surface area contributed by atoms with E-state index in [2.05, 4.69) is 19.8 Å². The Balaban J connectivity index is 1.68. The molecule has 3 aromatic rings. The van der Waals surface area contributed by atoms with Crippen molar-refractivity contribution in [1.82, 2.24) is 9.62 Å². The molecule has 8 heteroatoms. The van der Waals surface area contributed by atoms with E-state index in [-0.39, 0.29) is 10.8 Å². The van der Waals surface area contributed by atoms with E-state index in [1.165, 1.54) is 13.1 Å². The Morgan fingerprint density at radius 1 is 0.935 bits per heavy atom. The van der Waals surface area contributed by atoms with Crippen LogP contribution in [0.1, 0.15) is 10.4 Å². The number of carbonyl (C=O) groups is 1. The van der Waals surface area contributed by atoms with Crippen molar-refractivity contribution < 1.29 is 13.2 Å². The number of nitrogens with zero attached hydrogens (tertiary/aromatic N) is 2. The summed E-state index contributed by atoms with van der Waals surface area (Å²) in [5.41, 5.74) is 1.59. The predicted octanol–water partition coefficient (Wildman–Crippen LogP) is 2.75. The van der Waals surface area contributed by atoms with Gasteiger partial charge >= 0.3 is 0 Å². The zero-order valence-electron chi connectivity index (χ0n) is 17.6. The fourth-order valence-corrected chi connectivity index (χ4v) is 4.79. The summed E-state index contributed by atoms with van der Waals surface area (Å²) in [6.45, 7) is 3.15. The Morgan fingerprint density at radius 3 is 2.39 bits per heavy atom. The lowest BCUT2D eigenvalue weighted by molar-refractivity contribution is 0.102. The highest BCUT2D eigenvalue weighted by Gasteiger charge is 2.25. The monoisotopic (exact) mass is 438 g/mol. The van der Waals surface area contributed by atoms with Crippen molar-refractivity contribution in [3.63, 3.8) is 0 Å². The molecule has 2 N–H and O–H groups in total. The van der Waals surface area contributed by atoms with Crippen molar-refractivity contribution in [3.8, 4) is 0 Å². The average Bonchev–Trinajstić information content (AvgIpc) is 2.79. The zero-order chi connectivity index (χ0) is 22.0. The third-order valence-electron chi connectivity index (χ3n) is 5.66. The molecule has 0 bridgehead atoms. The van der Waals surface area contributed by atoms with Crippen LogP contribution in [-0.4, -0.2) is 59.5 Å². The van der Waals surface area contributed by atoms with Crippen LogP contribution in [0.3, 0.4) is 0 Å². The van der Waals surface area contributed by atoms with Gasteiger partial charge in [-0.3, -0.25) is 4.79 Å². The summed E-state index contributed by atoms with van der Waals surface area (Å²) in [5, 5.41) is 4.87. The lowest BCUT2D eigenvalue weighted by atomic mass is 10.1. The highest BCUT2D eigenvalue weighted by atomic mass is 32.2. The van der Waals surface area contributed by atoms with E-state index in [0.717, 1.165) is 37.0 Å². The summed E-state index contributed by atoms with van der Waals surface area (Å²) < 4.78 is 27.9. The molecule has 0 saturated carbocycles. The fraction of sp³-hybridized carbons (Fsp3) is 0.261. The number of nitrogens with one attached hydrogen (secondary N) is 2. The first kappa shape index (κ1) is 21.3. The molecular weight excluding hydrogens is 412 g/mol. The number of likely N-dealkylation sites (N-methyl/N-ethyl adjacent to an activating group) is 1. The van der Waals surface area contributed by atoms with Crippen molar-refractivity contribution in [2.45, 2.75) is 4.90 Å². The Labute approximate surface area is 182 Å². The largest absolute Gasteiger partial charge is 0.368 e. The summed E-state index contributed by atoms with van der Waals surface area (Å²) in [7, 11) is -0.315.